The van der Waals surface area contributed by atoms with Gasteiger partial charge < -0.3 is 19.2 Å². The predicted molar refractivity (Wildman–Crippen MR) is 57.9 cm³/mol. The van der Waals surface area contributed by atoms with Crippen LogP contribution in [-0.2, 0) is 4.74 Å². The number of anilines is 1. The van der Waals surface area contributed by atoms with Crippen LogP contribution in [0.3, 0.4) is 0 Å². The Morgan fingerprint density at radius 1 is 1.38 bits per heavy atom. The molecule has 5 heteroatoms. The van der Waals surface area contributed by atoms with Gasteiger partial charge in [-0.3, -0.25) is 0 Å². The molecule has 0 aliphatic carbocycles. The summed E-state index contributed by atoms with van der Waals surface area (Å²) >= 11 is 0. The molecular weight excluding hydrogens is 210 g/mol. The molecule has 1 saturated heterocycles. The van der Waals surface area contributed by atoms with Crippen LogP contribution >= 0.6 is 0 Å². The smallest absolute Gasteiger partial charge is 0.371 e. The van der Waals surface area contributed by atoms with Crippen molar-refractivity contribution in [2.24, 2.45) is 0 Å². The molecule has 2 rings (SSSR count). The summed E-state index contributed by atoms with van der Waals surface area (Å²) in [7, 11) is 0. The fourth-order valence-corrected chi connectivity index (χ4v) is 1.97. The van der Waals surface area contributed by atoms with Crippen LogP contribution in [0.1, 0.15) is 24.4 Å². The van der Waals surface area contributed by atoms with Crippen LogP contribution in [-0.4, -0.2) is 36.4 Å². The molecule has 5 nitrogen and oxygen atoms in total. The Labute approximate surface area is 93.6 Å². The second kappa shape index (κ2) is 4.17. The van der Waals surface area contributed by atoms with Crippen LogP contribution in [0.25, 0.3) is 0 Å². The minimum absolute atomic E-state index is 0.0261. The molecule has 1 aromatic heterocycles. The summed E-state index contributed by atoms with van der Waals surface area (Å²) in [6, 6.07) is 3.16. The number of aromatic carboxylic acids is 1. The van der Waals surface area contributed by atoms with Crippen LogP contribution in [0.2, 0.25) is 0 Å². The number of morpholine rings is 1. The maximum Gasteiger partial charge on any atom is 0.371 e. The summed E-state index contributed by atoms with van der Waals surface area (Å²) in [5.41, 5.74) is 0. The molecule has 0 saturated carbocycles. The van der Waals surface area contributed by atoms with Gasteiger partial charge in [0.25, 0.3) is 0 Å². The highest BCUT2D eigenvalue weighted by Gasteiger charge is 2.24. The molecule has 88 valence electrons. The number of rotatable bonds is 2. The Balaban J connectivity index is 2.13. The van der Waals surface area contributed by atoms with E-state index in [2.05, 4.69) is 0 Å². The first-order valence-electron chi connectivity index (χ1n) is 5.30. The van der Waals surface area contributed by atoms with E-state index in [9.17, 15) is 4.79 Å². The normalized spacial score (nSPS) is 25.8. The number of hydrogen-bond acceptors (Lipinski definition) is 4. The summed E-state index contributed by atoms with van der Waals surface area (Å²) in [5.74, 6) is -0.471. The number of hydrogen-bond donors (Lipinski definition) is 1. The highest BCUT2D eigenvalue weighted by molar-refractivity contribution is 5.84. The number of furan rings is 1. The zero-order valence-electron chi connectivity index (χ0n) is 9.34. The van der Waals surface area contributed by atoms with E-state index in [-0.39, 0.29) is 18.0 Å². The molecule has 2 atom stereocenters. The first kappa shape index (κ1) is 11.0. The average Bonchev–Trinajstić information content (AvgIpc) is 2.64. The van der Waals surface area contributed by atoms with Crippen molar-refractivity contribution in [2.75, 3.05) is 18.0 Å². The van der Waals surface area contributed by atoms with Gasteiger partial charge in [-0.2, -0.15) is 0 Å². The van der Waals surface area contributed by atoms with Crippen molar-refractivity contribution in [3.05, 3.63) is 17.9 Å². The van der Waals surface area contributed by atoms with Crippen molar-refractivity contribution in [1.29, 1.82) is 0 Å². The number of carboxylic acid groups (broad SMARTS) is 1. The zero-order valence-corrected chi connectivity index (χ0v) is 9.34. The van der Waals surface area contributed by atoms with Crippen LogP contribution < -0.4 is 4.90 Å². The molecule has 16 heavy (non-hydrogen) atoms. The molecule has 1 aromatic rings. The summed E-state index contributed by atoms with van der Waals surface area (Å²) in [4.78, 5) is 12.7. The van der Waals surface area contributed by atoms with Gasteiger partial charge in [0.2, 0.25) is 5.76 Å². The Hall–Kier alpha value is -1.49. The van der Waals surface area contributed by atoms with E-state index in [0.29, 0.717) is 5.88 Å². The van der Waals surface area contributed by atoms with E-state index >= 15 is 0 Å². The van der Waals surface area contributed by atoms with Crippen molar-refractivity contribution in [1.82, 2.24) is 0 Å². The van der Waals surface area contributed by atoms with Crippen LogP contribution in [0.5, 0.6) is 0 Å². The van der Waals surface area contributed by atoms with Crippen molar-refractivity contribution >= 4 is 11.9 Å². The average molecular weight is 225 g/mol. The maximum atomic E-state index is 10.7. The van der Waals surface area contributed by atoms with Gasteiger partial charge in [-0.1, -0.05) is 0 Å². The van der Waals surface area contributed by atoms with Gasteiger partial charge in [0.1, 0.15) is 0 Å². The van der Waals surface area contributed by atoms with Crippen molar-refractivity contribution in [3.63, 3.8) is 0 Å². The largest absolute Gasteiger partial charge is 0.475 e. The van der Waals surface area contributed by atoms with Crippen LogP contribution in [0.15, 0.2) is 16.5 Å². The van der Waals surface area contributed by atoms with Gasteiger partial charge in [-0.15, -0.1) is 0 Å². The molecule has 1 N–H and O–H groups in total. The highest BCUT2D eigenvalue weighted by atomic mass is 16.5. The molecule has 2 heterocycles. The van der Waals surface area contributed by atoms with Gasteiger partial charge in [0.15, 0.2) is 5.88 Å². The Morgan fingerprint density at radius 3 is 2.50 bits per heavy atom. The first-order chi connectivity index (χ1) is 7.56. The molecular formula is C11H15NO4. The fourth-order valence-electron chi connectivity index (χ4n) is 1.97. The van der Waals surface area contributed by atoms with E-state index in [0.717, 1.165) is 13.1 Å². The van der Waals surface area contributed by atoms with Gasteiger partial charge in [0, 0.05) is 19.2 Å². The summed E-state index contributed by atoms with van der Waals surface area (Å²) in [6.07, 6.45) is 0.254. The Morgan fingerprint density at radius 2 is 2.00 bits per heavy atom. The van der Waals surface area contributed by atoms with Gasteiger partial charge >= 0.3 is 5.97 Å². The lowest BCUT2D eigenvalue weighted by Crippen LogP contribution is -2.45. The van der Waals surface area contributed by atoms with Gasteiger partial charge in [-0.05, 0) is 19.9 Å². The van der Waals surface area contributed by atoms with Crippen LogP contribution in [0, 0.1) is 0 Å². The third-order valence-corrected chi connectivity index (χ3v) is 2.53. The number of carboxylic acids is 1. The van der Waals surface area contributed by atoms with Gasteiger partial charge in [0.05, 0.1) is 12.2 Å². The molecule has 1 fully saturated rings. The van der Waals surface area contributed by atoms with Crippen LogP contribution in [0.4, 0.5) is 5.88 Å². The maximum absolute atomic E-state index is 10.7. The lowest BCUT2D eigenvalue weighted by atomic mass is 10.2. The highest BCUT2D eigenvalue weighted by Crippen LogP contribution is 2.22. The monoisotopic (exact) mass is 225 g/mol. The number of ether oxygens (including phenoxy) is 1. The minimum atomic E-state index is -1.04. The standard InChI is InChI=1S/C11H15NO4/c1-7-5-12(6-8(2)15-7)10-4-3-9(16-10)11(13)14/h3-4,7-8H,5-6H2,1-2H3,(H,13,14). The quantitative estimate of drug-likeness (QED) is 0.828. The third-order valence-electron chi connectivity index (χ3n) is 2.53. The fraction of sp³-hybridized carbons (Fsp3) is 0.545. The second-order valence-corrected chi connectivity index (χ2v) is 4.11. The molecule has 0 amide bonds. The number of nitrogens with zero attached hydrogens (tertiary/aromatic N) is 1. The molecule has 0 radical (unpaired) electrons. The zero-order chi connectivity index (χ0) is 11.7. The lowest BCUT2D eigenvalue weighted by molar-refractivity contribution is -0.00644. The van der Waals surface area contributed by atoms with E-state index in [1.165, 1.54) is 6.07 Å². The van der Waals surface area contributed by atoms with Crippen molar-refractivity contribution < 1.29 is 19.1 Å². The summed E-state index contributed by atoms with van der Waals surface area (Å²) in [6.45, 7) is 5.42. The Kier molecular flexibility index (Phi) is 2.87. The molecule has 0 spiro atoms. The molecule has 2 unspecified atom stereocenters. The topological polar surface area (TPSA) is 62.9 Å². The SMILES string of the molecule is CC1CN(c2ccc(C(=O)O)o2)CC(C)O1. The number of carbonyl (C=O) groups is 1. The summed E-state index contributed by atoms with van der Waals surface area (Å²) in [5, 5.41) is 8.76. The predicted octanol–water partition coefficient (Wildman–Crippen LogP) is 1.59. The molecule has 1 aliphatic rings. The third kappa shape index (κ3) is 2.19. The Bertz CT molecular complexity index is 377. The minimum Gasteiger partial charge on any atom is -0.475 e. The van der Waals surface area contributed by atoms with E-state index in [1.807, 2.05) is 18.7 Å². The molecule has 0 bridgehead atoms. The second-order valence-electron chi connectivity index (χ2n) is 4.11. The van der Waals surface area contributed by atoms with E-state index in [1.54, 1.807) is 6.07 Å². The lowest BCUT2D eigenvalue weighted by Gasteiger charge is -2.35. The van der Waals surface area contributed by atoms with Gasteiger partial charge in [-0.25, -0.2) is 4.79 Å². The first-order valence-corrected chi connectivity index (χ1v) is 5.30. The molecule has 0 aromatic carbocycles. The van der Waals surface area contributed by atoms with E-state index < -0.39 is 5.97 Å². The molecule has 1 aliphatic heterocycles. The van der Waals surface area contributed by atoms with Crippen molar-refractivity contribution in [3.8, 4) is 0 Å². The van der Waals surface area contributed by atoms with Crippen molar-refractivity contribution in [2.45, 2.75) is 26.1 Å². The van der Waals surface area contributed by atoms with E-state index in [4.69, 9.17) is 14.3 Å². The summed E-state index contributed by atoms with van der Waals surface area (Å²) < 4.78 is 10.8.